The van der Waals surface area contributed by atoms with Crippen LogP contribution < -0.4 is 14.4 Å². The zero-order chi connectivity index (χ0) is 25.4. The van der Waals surface area contributed by atoms with Crippen LogP contribution in [0.25, 0.3) is 0 Å². The van der Waals surface area contributed by atoms with Crippen molar-refractivity contribution in [2.24, 2.45) is 0 Å². The smallest absolute Gasteiger partial charge is 0.244 e. The summed E-state index contributed by atoms with van der Waals surface area (Å²) in [5.74, 6) is 0.330. The quantitative estimate of drug-likeness (QED) is 0.465. The molecule has 0 bridgehead atoms. The molecular weight excluding hydrogens is 466 g/mol. The van der Waals surface area contributed by atoms with Crippen LogP contribution in [-0.4, -0.2) is 51.0 Å². The van der Waals surface area contributed by atoms with E-state index in [1.54, 1.807) is 31.2 Å². The van der Waals surface area contributed by atoms with Crippen molar-refractivity contribution in [3.05, 3.63) is 90.5 Å². The van der Waals surface area contributed by atoms with Gasteiger partial charge in [0.1, 0.15) is 24.1 Å². The second-order valence-corrected chi connectivity index (χ2v) is 9.88. The molecule has 3 aromatic carbocycles. The summed E-state index contributed by atoms with van der Waals surface area (Å²) in [5.41, 5.74) is 1.14. The van der Waals surface area contributed by atoms with Gasteiger partial charge in [0.2, 0.25) is 21.8 Å². The molecule has 3 rings (SSSR count). The number of rotatable bonds is 10. The SMILES string of the molecule is CNC(=O)C(C)N(Cc1ccccc1)C(=O)CN(c1ccc(Oc2ccccc2)cc1)S(C)(=O)=O. The van der Waals surface area contributed by atoms with Gasteiger partial charge in [-0.2, -0.15) is 0 Å². The predicted octanol–water partition coefficient (Wildman–Crippen LogP) is 3.41. The van der Waals surface area contributed by atoms with Gasteiger partial charge in [-0.05, 0) is 48.9 Å². The summed E-state index contributed by atoms with van der Waals surface area (Å²) in [4.78, 5) is 27.1. The van der Waals surface area contributed by atoms with Crippen molar-refractivity contribution in [1.29, 1.82) is 0 Å². The monoisotopic (exact) mass is 495 g/mol. The third kappa shape index (κ3) is 7.07. The highest BCUT2D eigenvalue weighted by molar-refractivity contribution is 7.92. The lowest BCUT2D eigenvalue weighted by Crippen LogP contribution is -2.50. The Morgan fingerprint density at radius 1 is 0.886 bits per heavy atom. The number of hydrogen-bond donors (Lipinski definition) is 1. The van der Waals surface area contributed by atoms with Crippen molar-refractivity contribution in [2.75, 3.05) is 24.2 Å². The van der Waals surface area contributed by atoms with E-state index in [-0.39, 0.29) is 12.5 Å². The van der Waals surface area contributed by atoms with Gasteiger partial charge < -0.3 is 15.0 Å². The molecule has 0 aromatic heterocycles. The maximum absolute atomic E-state index is 13.4. The molecule has 0 saturated carbocycles. The van der Waals surface area contributed by atoms with E-state index in [0.29, 0.717) is 17.2 Å². The van der Waals surface area contributed by atoms with E-state index in [9.17, 15) is 18.0 Å². The molecule has 0 heterocycles. The molecule has 184 valence electrons. The molecule has 1 atom stereocenters. The number of carbonyl (C=O) groups excluding carboxylic acids is 2. The van der Waals surface area contributed by atoms with E-state index in [0.717, 1.165) is 16.1 Å². The number of hydrogen-bond acceptors (Lipinski definition) is 5. The molecule has 2 amide bonds. The number of benzene rings is 3. The van der Waals surface area contributed by atoms with Crippen LogP contribution in [0.15, 0.2) is 84.9 Å². The summed E-state index contributed by atoms with van der Waals surface area (Å²) in [7, 11) is -2.31. The molecule has 0 aliphatic heterocycles. The highest BCUT2D eigenvalue weighted by atomic mass is 32.2. The molecule has 9 heteroatoms. The van der Waals surface area contributed by atoms with E-state index in [4.69, 9.17) is 4.74 Å². The summed E-state index contributed by atoms with van der Waals surface area (Å²) < 4.78 is 32.0. The molecule has 0 saturated heterocycles. The minimum absolute atomic E-state index is 0.162. The number of sulfonamides is 1. The Kier molecular flexibility index (Phi) is 8.48. The summed E-state index contributed by atoms with van der Waals surface area (Å²) in [6.45, 7) is 1.32. The van der Waals surface area contributed by atoms with Gasteiger partial charge in [0, 0.05) is 13.6 Å². The Morgan fingerprint density at radius 2 is 1.43 bits per heavy atom. The van der Waals surface area contributed by atoms with Crippen molar-refractivity contribution in [3.63, 3.8) is 0 Å². The summed E-state index contributed by atoms with van der Waals surface area (Å²) in [5, 5.41) is 2.55. The summed E-state index contributed by atoms with van der Waals surface area (Å²) in [6.07, 6.45) is 1.04. The zero-order valence-electron chi connectivity index (χ0n) is 19.9. The van der Waals surface area contributed by atoms with Crippen LogP contribution in [0.1, 0.15) is 12.5 Å². The number of anilines is 1. The highest BCUT2D eigenvalue weighted by Gasteiger charge is 2.29. The lowest BCUT2D eigenvalue weighted by atomic mass is 10.1. The average molecular weight is 496 g/mol. The fraction of sp³-hybridized carbons (Fsp3) is 0.231. The minimum atomic E-state index is -3.80. The van der Waals surface area contributed by atoms with Crippen molar-refractivity contribution < 1.29 is 22.7 Å². The van der Waals surface area contributed by atoms with Crippen LogP contribution in [-0.2, 0) is 26.2 Å². The van der Waals surface area contributed by atoms with E-state index >= 15 is 0 Å². The van der Waals surface area contributed by atoms with Crippen LogP contribution >= 0.6 is 0 Å². The zero-order valence-corrected chi connectivity index (χ0v) is 20.7. The number of amides is 2. The highest BCUT2D eigenvalue weighted by Crippen LogP contribution is 2.26. The van der Waals surface area contributed by atoms with E-state index in [1.165, 1.54) is 11.9 Å². The van der Waals surface area contributed by atoms with E-state index in [1.807, 2.05) is 60.7 Å². The number of ether oxygens (including phenoxy) is 1. The van der Waals surface area contributed by atoms with Crippen LogP contribution in [0, 0.1) is 0 Å². The van der Waals surface area contributed by atoms with Crippen molar-refractivity contribution in [3.8, 4) is 11.5 Å². The van der Waals surface area contributed by atoms with Gasteiger partial charge in [0.25, 0.3) is 0 Å². The third-order valence-corrected chi connectivity index (χ3v) is 6.53. The number of nitrogens with one attached hydrogen (secondary N) is 1. The lowest BCUT2D eigenvalue weighted by molar-refractivity contribution is -0.139. The lowest BCUT2D eigenvalue weighted by Gasteiger charge is -2.31. The molecule has 1 unspecified atom stereocenters. The van der Waals surface area contributed by atoms with Crippen molar-refractivity contribution >= 4 is 27.5 Å². The first kappa shape index (κ1) is 25.8. The molecule has 0 fully saturated rings. The molecule has 8 nitrogen and oxygen atoms in total. The van der Waals surface area contributed by atoms with Gasteiger partial charge >= 0.3 is 0 Å². The Bertz CT molecular complexity index is 1230. The first-order chi connectivity index (χ1) is 16.7. The molecule has 0 radical (unpaired) electrons. The number of para-hydroxylation sites is 1. The molecule has 1 N–H and O–H groups in total. The summed E-state index contributed by atoms with van der Waals surface area (Å²) >= 11 is 0. The molecule has 35 heavy (non-hydrogen) atoms. The van der Waals surface area contributed by atoms with Crippen LogP contribution in [0.2, 0.25) is 0 Å². The predicted molar refractivity (Wildman–Crippen MR) is 136 cm³/mol. The molecule has 0 aliphatic carbocycles. The van der Waals surface area contributed by atoms with Gasteiger partial charge in [-0.1, -0.05) is 48.5 Å². The number of carbonyl (C=O) groups is 2. The maximum Gasteiger partial charge on any atom is 0.244 e. The van der Waals surface area contributed by atoms with Crippen LogP contribution in [0.5, 0.6) is 11.5 Å². The topological polar surface area (TPSA) is 96.0 Å². The second kappa shape index (κ2) is 11.5. The molecular formula is C26H29N3O5S. The van der Waals surface area contributed by atoms with Crippen molar-refractivity contribution in [1.82, 2.24) is 10.2 Å². The first-order valence-electron chi connectivity index (χ1n) is 11.0. The van der Waals surface area contributed by atoms with E-state index < -0.39 is 28.5 Å². The maximum atomic E-state index is 13.4. The molecule has 3 aromatic rings. The van der Waals surface area contributed by atoms with Crippen LogP contribution in [0.4, 0.5) is 5.69 Å². The number of nitrogens with zero attached hydrogens (tertiary/aromatic N) is 2. The standard InChI is InChI=1S/C26H29N3O5S/c1-20(26(31)27-2)28(18-21-10-6-4-7-11-21)25(30)19-29(35(3,32)33)22-14-16-24(17-15-22)34-23-12-8-5-9-13-23/h4-17,20H,18-19H2,1-3H3,(H,27,31). The Balaban J connectivity index is 1.84. The van der Waals surface area contributed by atoms with Gasteiger partial charge in [0.05, 0.1) is 11.9 Å². The fourth-order valence-electron chi connectivity index (χ4n) is 3.49. The molecule has 0 aliphatic rings. The van der Waals surface area contributed by atoms with E-state index in [2.05, 4.69) is 5.32 Å². The first-order valence-corrected chi connectivity index (χ1v) is 12.9. The minimum Gasteiger partial charge on any atom is -0.457 e. The fourth-order valence-corrected chi connectivity index (χ4v) is 4.34. The average Bonchev–Trinajstić information content (AvgIpc) is 2.86. The van der Waals surface area contributed by atoms with Gasteiger partial charge in [0.15, 0.2) is 0 Å². The second-order valence-electron chi connectivity index (χ2n) is 7.98. The third-order valence-electron chi connectivity index (χ3n) is 5.39. The Morgan fingerprint density at radius 3 is 1.97 bits per heavy atom. The Labute approximate surface area is 206 Å². The molecule has 0 spiro atoms. The van der Waals surface area contributed by atoms with Crippen molar-refractivity contribution in [2.45, 2.75) is 19.5 Å². The largest absolute Gasteiger partial charge is 0.457 e. The van der Waals surface area contributed by atoms with Gasteiger partial charge in [-0.25, -0.2) is 8.42 Å². The summed E-state index contributed by atoms with van der Waals surface area (Å²) in [6, 6.07) is 24.1. The normalized spacial score (nSPS) is 11.9. The van der Waals surface area contributed by atoms with Crippen LogP contribution in [0.3, 0.4) is 0 Å². The van der Waals surface area contributed by atoms with Gasteiger partial charge in [-0.15, -0.1) is 0 Å². The Hall–Kier alpha value is -3.85. The number of likely N-dealkylation sites (N-methyl/N-ethyl adjacent to an activating group) is 1. The van der Waals surface area contributed by atoms with Gasteiger partial charge in [-0.3, -0.25) is 13.9 Å².